The van der Waals surface area contributed by atoms with E-state index in [1.54, 1.807) is 4.90 Å². The second-order valence-electron chi connectivity index (χ2n) is 5.48. The molecule has 2 aliphatic rings. The third kappa shape index (κ3) is 2.35. The molecule has 1 amide bonds. The van der Waals surface area contributed by atoms with Crippen LogP contribution in [0.1, 0.15) is 28.8 Å². The lowest BCUT2D eigenvalue weighted by atomic mass is 9.97. The molecule has 1 saturated heterocycles. The minimum Gasteiger partial charge on any atom is -0.481 e. The topological polar surface area (TPSA) is 69.6 Å². The molecule has 3 rings (SSSR count). The molecule has 0 aliphatic carbocycles. The average Bonchev–Trinajstić information content (AvgIpc) is 2.94. The van der Waals surface area contributed by atoms with Crippen LogP contribution in [-0.4, -0.2) is 41.5 Å². The number of carbonyl (C=O) groups excluding carboxylic acids is 1. The first-order valence-electron chi connectivity index (χ1n) is 7.04. The van der Waals surface area contributed by atoms with Crippen LogP contribution in [0, 0.1) is 5.92 Å². The molecule has 2 N–H and O–H groups in total. The van der Waals surface area contributed by atoms with Gasteiger partial charge < -0.3 is 15.3 Å². The van der Waals surface area contributed by atoms with E-state index in [4.69, 9.17) is 5.11 Å². The quantitative estimate of drug-likeness (QED) is 0.859. The molecule has 5 nitrogen and oxygen atoms in total. The van der Waals surface area contributed by atoms with E-state index in [9.17, 15) is 9.59 Å². The summed E-state index contributed by atoms with van der Waals surface area (Å²) < 4.78 is 0. The van der Waals surface area contributed by atoms with Crippen molar-refractivity contribution in [1.29, 1.82) is 0 Å². The molecule has 0 saturated carbocycles. The normalized spacial score (nSPS) is 21.2. The largest absolute Gasteiger partial charge is 0.481 e. The van der Waals surface area contributed by atoms with Gasteiger partial charge in [-0.1, -0.05) is 6.07 Å². The summed E-state index contributed by atoms with van der Waals surface area (Å²) in [6.45, 7) is 1.88. The molecule has 0 radical (unpaired) electrons. The van der Waals surface area contributed by atoms with Crippen LogP contribution in [0.3, 0.4) is 0 Å². The zero-order valence-corrected chi connectivity index (χ0v) is 11.3. The van der Waals surface area contributed by atoms with Crippen LogP contribution in [-0.2, 0) is 11.2 Å². The van der Waals surface area contributed by atoms with Gasteiger partial charge in [0.2, 0.25) is 0 Å². The number of hydrogen-bond acceptors (Lipinski definition) is 3. The van der Waals surface area contributed by atoms with Crippen molar-refractivity contribution in [1.82, 2.24) is 4.90 Å². The van der Waals surface area contributed by atoms with Gasteiger partial charge in [0.05, 0.1) is 5.92 Å². The van der Waals surface area contributed by atoms with E-state index < -0.39 is 11.9 Å². The van der Waals surface area contributed by atoms with Crippen molar-refractivity contribution in [3.63, 3.8) is 0 Å². The predicted molar refractivity (Wildman–Crippen MR) is 74.9 cm³/mol. The molecule has 0 bridgehead atoms. The Morgan fingerprint density at radius 1 is 1.35 bits per heavy atom. The number of anilines is 1. The van der Waals surface area contributed by atoms with Crippen molar-refractivity contribution >= 4 is 17.6 Å². The maximum absolute atomic E-state index is 12.5. The van der Waals surface area contributed by atoms with Crippen molar-refractivity contribution in [2.75, 3.05) is 25.0 Å². The fourth-order valence-corrected chi connectivity index (χ4v) is 2.97. The summed E-state index contributed by atoms with van der Waals surface area (Å²) in [5.41, 5.74) is 2.91. The molecule has 2 aliphatic heterocycles. The molecule has 1 atom stereocenters. The van der Waals surface area contributed by atoms with Crippen LogP contribution in [0.5, 0.6) is 0 Å². The van der Waals surface area contributed by atoms with Crippen LogP contribution < -0.4 is 5.32 Å². The standard InChI is InChI=1S/C15H18N2O3/c18-14(17-7-1-2-12(9-17)15(19)20)11-4-3-10-5-6-16-13(10)8-11/h3-4,8,12,16H,1-2,5-7,9H2,(H,19,20)/t12-/m0/s1. The number of amides is 1. The van der Waals surface area contributed by atoms with Gasteiger partial charge in [-0.3, -0.25) is 9.59 Å². The Bertz CT molecular complexity index is 556. The van der Waals surface area contributed by atoms with Gasteiger partial charge in [0, 0.05) is 30.9 Å². The molecule has 1 aromatic rings. The number of aliphatic carboxylic acids is 1. The minimum atomic E-state index is -0.807. The lowest BCUT2D eigenvalue weighted by Crippen LogP contribution is -2.42. The van der Waals surface area contributed by atoms with Gasteiger partial charge in [0.25, 0.3) is 5.91 Å². The SMILES string of the molecule is O=C(O)[C@H]1CCCN(C(=O)c2ccc3c(c2)NCC3)C1. The highest BCUT2D eigenvalue weighted by Gasteiger charge is 2.29. The summed E-state index contributed by atoms with van der Waals surface area (Å²) in [4.78, 5) is 25.2. The molecule has 2 heterocycles. The molecular weight excluding hydrogens is 256 g/mol. The zero-order valence-electron chi connectivity index (χ0n) is 11.3. The highest BCUT2D eigenvalue weighted by Crippen LogP contribution is 2.25. The number of benzene rings is 1. The highest BCUT2D eigenvalue weighted by molar-refractivity contribution is 5.95. The number of carboxylic acid groups (broad SMARTS) is 1. The van der Waals surface area contributed by atoms with E-state index in [0.717, 1.165) is 25.1 Å². The molecule has 1 fully saturated rings. The van der Waals surface area contributed by atoms with Crippen LogP contribution in [0.2, 0.25) is 0 Å². The first-order chi connectivity index (χ1) is 9.65. The fourth-order valence-electron chi connectivity index (χ4n) is 2.97. The molecule has 20 heavy (non-hydrogen) atoms. The van der Waals surface area contributed by atoms with Crippen molar-refractivity contribution in [3.05, 3.63) is 29.3 Å². The lowest BCUT2D eigenvalue weighted by molar-refractivity contribution is -0.143. The van der Waals surface area contributed by atoms with Gasteiger partial charge in [-0.25, -0.2) is 0 Å². The third-order valence-electron chi connectivity index (χ3n) is 4.12. The van der Waals surface area contributed by atoms with Crippen LogP contribution in [0.4, 0.5) is 5.69 Å². The van der Waals surface area contributed by atoms with Gasteiger partial charge in [-0.05, 0) is 37.0 Å². The Morgan fingerprint density at radius 2 is 2.20 bits per heavy atom. The monoisotopic (exact) mass is 274 g/mol. The van der Waals surface area contributed by atoms with Gasteiger partial charge >= 0.3 is 5.97 Å². The summed E-state index contributed by atoms with van der Waals surface area (Å²) >= 11 is 0. The molecule has 0 spiro atoms. The first kappa shape index (κ1) is 13.0. The molecule has 0 unspecified atom stereocenters. The summed E-state index contributed by atoms with van der Waals surface area (Å²) in [6.07, 6.45) is 2.41. The van der Waals surface area contributed by atoms with E-state index in [0.29, 0.717) is 25.1 Å². The Kier molecular flexibility index (Phi) is 3.34. The number of fused-ring (bicyclic) bond motifs is 1. The summed E-state index contributed by atoms with van der Waals surface area (Å²) in [6, 6.07) is 5.72. The van der Waals surface area contributed by atoms with Gasteiger partial charge in [0.15, 0.2) is 0 Å². The maximum Gasteiger partial charge on any atom is 0.308 e. The Hall–Kier alpha value is -2.04. The Balaban J connectivity index is 1.76. The van der Waals surface area contributed by atoms with Gasteiger partial charge in [0.1, 0.15) is 0 Å². The zero-order chi connectivity index (χ0) is 14.1. The third-order valence-corrected chi connectivity index (χ3v) is 4.12. The lowest BCUT2D eigenvalue weighted by Gasteiger charge is -2.30. The van der Waals surface area contributed by atoms with Crippen molar-refractivity contribution in [2.45, 2.75) is 19.3 Å². The highest BCUT2D eigenvalue weighted by atomic mass is 16.4. The van der Waals surface area contributed by atoms with Crippen molar-refractivity contribution in [3.8, 4) is 0 Å². The molecule has 0 aromatic heterocycles. The van der Waals surface area contributed by atoms with E-state index in [2.05, 4.69) is 5.32 Å². The molecular formula is C15H18N2O3. The number of carboxylic acids is 1. The Labute approximate surface area is 117 Å². The van der Waals surface area contributed by atoms with E-state index >= 15 is 0 Å². The predicted octanol–water partition coefficient (Wildman–Crippen LogP) is 1.59. The summed E-state index contributed by atoms with van der Waals surface area (Å²) in [5.74, 6) is -1.30. The number of hydrogen-bond donors (Lipinski definition) is 2. The first-order valence-corrected chi connectivity index (χ1v) is 7.04. The smallest absolute Gasteiger partial charge is 0.308 e. The number of carbonyl (C=O) groups is 2. The van der Waals surface area contributed by atoms with Gasteiger partial charge in [-0.15, -0.1) is 0 Å². The molecule has 106 valence electrons. The van der Waals surface area contributed by atoms with Crippen molar-refractivity contribution < 1.29 is 14.7 Å². The maximum atomic E-state index is 12.5. The van der Waals surface area contributed by atoms with Crippen LogP contribution in [0.25, 0.3) is 0 Å². The fraction of sp³-hybridized carbons (Fsp3) is 0.467. The van der Waals surface area contributed by atoms with Crippen molar-refractivity contribution in [2.24, 2.45) is 5.92 Å². The second kappa shape index (κ2) is 5.15. The molecule has 1 aromatic carbocycles. The summed E-state index contributed by atoms with van der Waals surface area (Å²) in [5, 5.41) is 12.3. The number of nitrogens with one attached hydrogen (secondary N) is 1. The van der Waals surface area contributed by atoms with Gasteiger partial charge in [-0.2, -0.15) is 0 Å². The van der Waals surface area contributed by atoms with E-state index in [1.807, 2.05) is 18.2 Å². The van der Waals surface area contributed by atoms with E-state index in [1.165, 1.54) is 5.56 Å². The number of nitrogens with zero attached hydrogens (tertiary/aromatic N) is 1. The number of piperidine rings is 1. The number of likely N-dealkylation sites (tertiary alicyclic amines) is 1. The average molecular weight is 274 g/mol. The summed E-state index contributed by atoms with van der Waals surface area (Å²) in [7, 11) is 0. The van der Waals surface area contributed by atoms with Crippen LogP contribution >= 0.6 is 0 Å². The number of rotatable bonds is 2. The van der Waals surface area contributed by atoms with Crippen LogP contribution in [0.15, 0.2) is 18.2 Å². The molecule has 5 heteroatoms. The Morgan fingerprint density at radius 3 is 3.00 bits per heavy atom. The minimum absolute atomic E-state index is 0.0625. The second-order valence-corrected chi connectivity index (χ2v) is 5.48. The van der Waals surface area contributed by atoms with E-state index in [-0.39, 0.29) is 5.91 Å².